The zero-order valence-corrected chi connectivity index (χ0v) is 19.9. The zero-order valence-electron chi connectivity index (χ0n) is 19.9. The number of piperidine rings is 1. The Morgan fingerprint density at radius 2 is 1.81 bits per heavy atom. The summed E-state index contributed by atoms with van der Waals surface area (Å²) < 4.78 is 5.28. The SMILES string of the molecule is CCC(=O)N(CC[C@@]1(c2ccccc2)C[C@@H](C)[NH+](C)C[C@@H]1C)Cc1ccc(OC)cc1. The second kappa shape index (κ2) is 10.3. The minimum atomic E-state index is 0.104. The lowest BCUT2D eigenvalue weighted by molar-refractivity contribution is -0.915. The van der Waals surface area contributed by atoms with Crippen LogP contribution in [0.5, 0.6) is 5.75 Å². The number of methoxy groups -OCH3 is 1. The molecular formula is C27H39N2O2+. The third kappa shape index (κ3) is 5.30. The molecule has 2 aromatic carbocycles. The third-order valence-corrected chi connectivity index (χ3v) is 7.45. The average molecular weight is 424 g/mol. The molecule has 0 bridgehead atoms. The van der Waals surface area contributed by atoms with Crippen LogP contribution in [0.3, 0.4) is 0 Å². The van der Waals surface area contributed by atoms with Crippen LogP contribution in [0.25, 0.3) is 0 Å². The molecule has 1 unspecified atom stereocenters. The van der Waals surface area contributed by atoms with Crippen LogP contribution < -0.4 is 9.64 Å². The lowest BCUT2D eigenvalue weighted by Crippen LogP contribution is -3.15. The fourth-order valence-corrected chi connectivity index (χ4v) is 5.27. The van der Waals surface area contributed by atoms with Crippen LogP contribution in [0.1, 0.15) is 51.2 Å². The predicted molar refractivity (Wildman–Crippen MR) is 126 cm³/mol. The molecule has 168 valence electrons. The average Bonchev–Trinajstić information content (AvgIpc) is 2.80. The van der Waals surface area contributed by atoms with Gasteiger partial charge in [0.05, 0.1) is 26.7 Å². The van der Waals surface area contributed by atoms with Gasteiger partial charge >= 0.3 is 0 Å². The Morgan fingerprint density at radius 1 is 1.13 bits per heavy atom. The maximum Gasteiger partial charge on any atom is 0.222 e. The van der Waals surface area contributed by atoms with E-state index >= 15 is 0 Å². The summed E-state index contributed by atoms with van der Waals surface area (Å²) in [4.78, 5) is 16.5. The molecule has 0 saturated carbocycles. The van der Waals surface area contributed by atoms with Crippen LogP contribution in [0.15, 0.2) is 54.6 Å². The van der Waals surface area contributed by atoms with Gasteiger partial charge in [0, 0.05) is 37.3 Å². The van der Waals surface area contributed by atoms with E-state index in [1.165, 1.54) is 5.56 Å². The van der Waals surface area contributed by atoms with E-state index in [-0.39, 0.29) is 11.3 Å². The molecule has 3 rings (SSSR count). The van der Waals surface area contributed by atoms with Crippen molar-refractivity contribution >= 4 is 5.91 Å². The maximum absolute atomic E-state index is 12.8. The number of ether oxygens (including phenoxy) is 1. The summed E-state index contributed by atoms with van der Waals surface area (Å²) in [5, 5.41) is 0. The predicted octanol–water partition coefficient (Wildman–Crippen LogP) is 3.70. The van der Waals surface area contributed by atoms with Crippen molar-refractivity contribution in [2.45, 2.75) is 58.0 Å². The number of rotatable bonds is 8. The number of nitrogens with one attached hydrogen (secondary N) is 1. The van der Waals surface area contributed by atoms with Crippen molar-refractivity contribution in [3.05, 3.63) is 65.7 Å². The molecule has 1 heterocycles. The Labute approximate surface area is 188 Å². The van der Waals surface area contributed by atoms with Gasteiger partial charge in [-0.15, -0.1) is 0 Å². The molecule has 0 aromatic heterocycles. The van der Waals surface area contributed by atoms with Crippen molar-refractivity contribution in [3.63, 3.8) is 0 Å². The van der Waals surface area contributed by atoms with Gasteiger partial charge in [0.1, 0.15) is 5.75 Å². The number of amides is 1. The first-order chi connectivity index (χ1) is 14.9. The molecule has 1 fully saturated rings. The molecule has 1 aliphatic heterocycles. The number of hydrogen-bond donors (Lipinski definition) is 1. The Kier molecular flexibility index (Phi) is 7.77. The molecule has 4 heteroatoms. The number of likely N-dealkylation sites (tertiary alicyclic amines) is 1. The quantitative estimate of drug-likeness (QED) is 0.702. The number of nitrogens with zero attached hydrogens (tertiary/aromatic N) is 1. The van der Waals surface area contributed by atoms with Crippen molar-refractivity contribution in [1.82, 2.24) is 4.90 Å². The minimum Gasteiger partial charge on any atom is -0.497 e. The molecule has 1 aliphatic rings. The van der Waals surface area contributed by atoms with Crippen LogP contribution in [0.2, 0.25) is 0 Å². The molecule has 2 aromatic rings. The molecule has 1 amide bonds. The lowest BCUT2D eigenvalue weighted by atomic mass is 9.63. The van der Waals surface area contributed by atoms with E-state index in [1.807, 2.05) is 19.1 Å². The van der Waals surface area contributed by atoms with Gasteiger partial charge in [-0.25, -0.2) is 0 Å². The summed E-state index contributed by atoms with van der Waals surface area (Å²) in [5.41, 5.74) is 2.67. The first-order valence-corrected chi connectivity index (χ1v) is 11.7. The van der Waals surface area contributed by atoms with Gasteiger partial charge in [0.2, 0.25) is 5.91 Å². The summed E-state index contributed by atoms with van der Waals surface area (Å²) in [7, 11) is 3.99. The largest absolute Gasteiger partial charge is 0.497 e. The molecule has 1 N–H and O–H groups in total. The van der Waals surface area contributed by atoms with Crippen LogP contribution in [0.4, 0.5) is 0 Å². The molecule has 4 nitrogen and oxygen atoms in total. The monoisotopic (exact) mass is 423 g/mol. The van der Waals surface area contributed by atoms with Gasteiger partial charge in [-0.2, -0.15) is 0 Å². The Hall–Kier alpha value is -2.33. The Balaban J connectivity index is 1.84. The molecule has 4 atom stereocenters. The zero-order chi connectivity index (χ0) is 22.4. The van der Waals surface area contributed by atoms with Crippen LogP contribution >= 0.6 is 0 Å². The van der Waals surface area contributed by atoms with Gasteiger partial charge in [-0.3, -0.25) is 4.79 Å². The van der Waals surface area contributed by atoms with Crippen molar-refractivity contribution in [2.24, 2.45) is 5.92 Å². The molecule has 0 radical (unpaired) electrons. The van der Waals surface area contributed by atoms with E-state index in [9.17, 15) is 4.79 Å². The number of hydrogen-bond acceptors (Lipinski definition) is 2. The second-order valence-corrected chi connectivity index (χ2v) is 9.35. The number of benzene rings is 2. The van der Waals surface area contributed by atoms with E-state index < -0.39 is 0 Å². The topological polar surface area (TPSA) is 34.0 Å². The van der Waals surface area contributed by atoms with Crippen molar-refractivity contribution in [1.29, 1.82) is 0 Å². The lowest BCUT2D eigenvalue weighted by Gasteiger charge is -2.48. The number of carbonyl (C=O) groups excluding carboxylic acids is 1. The number of carbonyl (C=O) groups is 1. The van der Waals surface area contributed by atoms with Crippen LogP contribution in [-0.4, -0.2) is 44.1 Å². The highest BCUT2D eigenvalue weighted by Gasteiger charge is 2.46. The summed E-state index contributed by atoms with van der Waals surface area (Å²) in [6, 6.07) is 19.7. The fraction of sp³-hybridized carbons (Fsp3) is 0.519. The second-order valence-electron chi connectivity index (χ2n) is 9.35. The Bertz CT molecular complexity index is 836. The van der Waals surface area contributed by atoms with Crippen molar-refractivity contribution < 1.29 is 14.4 Å². The highest BCUT2D eigenvalue weighted by Crippen LogP contribution is 2.41. The highest BCUT2D eigenvalue weighted by molar-refractivity contribution is 5.75. The van der Waals surface area contributed by atoms with Gasteiger partial charge < -0.3 is 14.5 Å². The van der Waals surface area contributed by atoms with Crippen LogP contribution in [-0.2, 0) is 16.8 Å². The fourth-order valence-electron chi connectivity index (χ4n) is 5.27. The minimum absolute atomic E-state index is 0.104. The molecule has 0 aliphatic carbocycles. The van der Waals surface area contributed by atoms with Gasteiger partial charge in [-0.05, 0) is 36.6 Å². The first kappa shape index (κ1) is 23.3. The van der Waals surface area contributed by atoms with E-state index in [4.69, 9.17) is 4.74 Å². The Morgan fingerprint density at radius 3 is 2.42 bits per heavy atom. The van der Waals surface area contributed by atoms with E-state index in [1.54, 1.807) is 12.0 Å². The first-order valence-electron chi connectivity index (χ1n) is 11.7. The van der Waals surface area contributed by atoms with E-state index in [2.05, 4.69) is 68.3 Å². The standard InChI is InChI=1S/C27H38N2O2/c1-6-26(30)29(20-23-12-14-25(31-5)15-13-23)17-16-27(24-10-8-7-9-11-24)18-22(3)28(4)19-21(27)2/h7-15,21-22H,6,16-20H2,1-5H3/p+1/t21-,22+,27+/m0/s1. The van der Waals surface area contributed by atoms with Crippen molar-refractivity contribution in [2.75, 3.05) is 27.2 Å². The van der Waals surface area contributed by atoms with E-state index in [0.717, 1.165) is 37.2 Å². The normalized spacial score (nSPS) is 25.8. The molecule has 31 heavy (non-hydrogen) atoms. The molecular weight excluding hydrogens is 384 g/mol. The summed E-state index contributed by atoms with van der Waals surface area (Å²) in [6.07, 6.45) is 2.69. The third-order valence-electron chi connectivity index (χ3n) is 7.45. The number of quaternary nitrogens is 1. The molecule has 1 saturated heterocycles. The van der Waals surface area contributed by atoms with Crippen LogP contribution in [0, 0.1) is 5.92 Å². The summed E-state index contributed by atoms with van der Waals surface area (Å²) in [6.45, 7) is 9.32. The summed E-state index contributed by atoms with van der Waals surface area (Å²) >= 11 is 0. The van der Waals surface area contributed by atoms with Crippen molar-refractivity contribution in [3.8, 4) is 5.75 Å². The molecule has 0 spiro atoms. The van der Waals surface area contributed by atoms with E-state index in [0.29, 0.717) is 24.9 Å². The van der Waals surface area contributed by atoms with Gasteiger partial charge in [0.15, 0.2) is 0 Å². The van der Waals surface area contributed by atoms with Gasteiger partial charge in [-0.1, -0.05) is 56.3 Å². The highest BCUT2D eigenvalue weighted by atomic mass is 16.5. The van der Waals surface area contributed by atoms with Gasteiger partial charge in [0.25, 0.3) is 0 Å². The summed E-state index contributed by atoms with van der Waals surface area (Å²) in [5.74, 6) is 1.63. The smallest absolute Gasteiger partial charge is 0.222 e. The maximum atomic E-state index is 12.8.